The molecule has 0 atom stereocenters. The summed E-state index contributed by atoms with van der Waals surface area (Å²) in [5.74, 6) is 0.369. The number of sulfone groups is 1. The summed E-state index contributed by atoms with van der Waals surface area (Å²) in [7, 11) is -4.98. The van der Waals surface area contributed by atoms with E-state index in [2.05, 4.69) is 33.0 Å². The van der Waals surface area contributed by atoms with Crippen LogP contribution in [0.5, 0.6) is 11.5 Å². The Labute approximate surface area is 221 Å². The predicted molar refractivity (Wildman–Crippen MR) is 142 cm³/mol. The van der Waals surface area contributed by atoms with Gasteiger partial charge in [-0.25, -0.2) is 16.8 Å². The molecule has 1 aromatic heterocycles. The smallest absolute Gasteiger partial charge is 0.270 e. The molecule has 0 bridgehead atoms. The van der Waals surface area contributed by atoms with E-state index in [-0.39, 0.29) is 33.4 Å². The van der Waals surface area contributed by atoms with Crippen molar-refractivity contribution in [3.8, 4) is 22.8 Å². The molecule has 0 radical (unpaired) electrons. The van der Waals surface area contributed by atoms with Crippen LogP contribution in [0.2, 0.25) is 0 Å². The normalized spacial score (nSPS) is 17.4. The first-order valence-electron chi connectivity index (χ1n) is 12.4. The highest BCUT2D eigenvalue weighted by atomic mass is 32.2. The van der Waals surface area contributed by atoms with Crippen molar-refractivity contribution in [2.45, 2.75) is 41.7 Å². The number of anilines is 2. The molecule has 1 aliphatic heterocycles. The zero-order valence-electron chi connectivity index (χ0n) is 21.4. The number of fused-ring (bicyclic) bond motifs is 4. The second kappa shape index (κ2) is 8.63. The van der Waals surface area contributed by atoms with E-state index >= 15 is 0 Å². The van der Waals surface area contributed by atoms with Gasteiger partial charge < -0.3 is 18.9 Å². The van der Waals surface area contributed by atoms with E-state index in [9.17, 15) is 16.8 Å². The van der Waals surface area contributed by atoms with E-state index in [4.69, 9.17) is 14.0 Å². The molecule has 10 nitrogen and oxygen atoms in total. The van der Waals surface area contributed by atoms with E-state index in [1.807, 2.05) is 0 Å². The molecule has 12 heteroatoms. The zero-order chi connectivity index (χ0) is 26.9. The number of hydrogen-bond acceptors (Lipinski definition) is 9. The summed E-state index contributed by atoms with van der Waals surface area (Å²) < 4.78 is 70.1. The first-order chi connectivity index (χ1) is 18.0. The van der Waals surface area contributed by atoms with E-state index < -0.39 is 19.9 Å². The molecule has 3 aromatic rings. The van der Waals surface area contributed by atoms with Crippen LogP contribution in [0.3, 0.4) is 0 Å². The second-order valence-electron chi connectivity index (χ2n) is 10.4. The molecule has 1 saturated heterocycles. The van der Waals surface area contributed by atoms with Gasteiger partial charge in [-0.3, -0.25) is 4.72 Å². The summed E-state index contributed by atoms with van der Waals surface area (Å²) in [5, 5.41) is 4.15. The van der Waals surface area contributed by atoms with Crippen LogP contribution in [0.25, 0.3) is 11.3 Å². The van der Waals surface area contributed by atoms with Gasteiger partial charge in [0.1, 0.15) is 11.5 Å². The molecule has 1 N–H and O–H groups in total. The highest BCUT2D eigenvalue weighted by Gasteiger charge is 2.50. The lowest BCUT2D eigenvalue weighted by Gasteiger charge is -2.34. The number of benzene rings is 2. The zero-order valence-corrected chi connectivity index (χ0v) is 23.0. The number of rotatable bonds is 8. The predicted octanol–water partition coefficient (Wildman–Crippen LogP) is 3.50. The topological polar surface area (TPSA) is 128 Å². The van der Waals surface area contributed by atoms with E-state index in [1.54, 1.807) is 0 Å². The third-order valence-electron chi connectivity index (χ3n) is 7.65. The molecular formula is C26H29N3O7S2. The summed E-state index contributed by atoms with van der Waals surface area (Å²) in [5.41, 5.74) is 4.36. The minimum Gasteiger partial charge on any atom is -0.495 e. The number of hydrogen-bond donors (Lipinski definition) is 1. The maximum Gasteiger partial charge on any atom is 0.270 e. The van der Waals surface area contributed by atoms with Crippen LogP contribution < -0.4 is 19.1 Å². The molecular weight excluding hydrogens is 530 g/mol. The van der Waals surface area contributed by atoms with Crippen LogP contribution in [0.4, 0.5) is 11.5 Å². The molecule has 3 aliphatic rings. The van der Waals surface area contributed by atoms with Crippen LogP contribution in [0.1, 0.15) is 36.0 Å². The fourth-order valence-electron chi connectivity index (χ4n) is 5.51. The number of ether oxygens (including phenoxy) is 2. The summed E-state index contributed by atoms with van der Waals surface area (Å²) in [6.45, 7) is 2.04. The number of nitrogens with one attached hydrogen (secondary N) is 1. The second-order valence-corrected chi connectivity index (χ2v) is 14.1. The summed E-state index contributed by atoms with van der Waals surface area (Å²) in [4.78, 5) is 2.06. The standard InChI is InChI=1S/C26H29N3O7S2/c1-34-21-11-16(15-37(3,30)31)12-22(35-2)24(21)38(32,33)28-25-19-14-26(7-8-26)20-6-5-17(29-9-4-10-29)13-18(20)23(19)36-27-25/h5-6,11-13H,4,7-10,14-15H2,1-3H3,(H,27,28). The van der Waals surface area contributed by atoms with E-state index in [0.717, 1.165) is 49.0 Å². The first-order valence-corrected chi connectivity index (χ1v) is 15.9. The van der Waals surface area contributed by atoms with Crippen molar-refractivity contribution >= 4 is 31.4 Å². The summed E-state index contributed by atoms with van der Waals surface area (Å²) >= 11 is 0. The van der Waals surface area contributed by atoms with Gasteiger partial charge in [0.25, 0.3) is 10.0 Å². The van der Waals surface area contributed by atoms with Crippen LogP contribution in [0, 0.1) is 0 Å². The minimum absolute atomic E-state index is 0.0314. The quantitative estimate of drug-likeness (QED) is 0.441. The van der Waals surface area contributed by atoms with Crippen molar-refractivity contribution in [3.05, 3.63) is 47.0 Å². The molecule has 1 saturated carbocycles. The molecule has 202 valence electrons. The van der Waals surface area contributed by atoms with Gasteiger partial charge in [-0.15, -0.1) is 0 Å². The summed E-state index contributed by atoms with van der Waals surface area (Å²) in [6, 6.07) is 9.25. The monoisotopic (exact) mass is 559 g/mol. The average molecular weight is 560 g/mol. The van der Waals surface area contributed by atoms with E-state index in [0.29, 0.717) is 17.7 Å². The molecule has 0 amide bonds. The Kier molecular flexibility index (Phi) is 5.69. The largest absolute Gasteiger partial charge is 0.495 e. The highest BCUT2D eigenvalue weighted by molar-refractivity contribution is 7.93. The van der Waals surface area contributed by atoms with Gasteiger partial charge in [-0.1, -0.05) is 11.2 Å². The van der Waals surface area contributed by atoms with Gasteiger partial charge in [0.05, 0.1) is 20.0 Å². The SMILES string of the molecule is COc1cc(CS(C)(=O)=O)cc(OC)c1S(=O)(=O)Nc1noc2c1CC1(CC1)c1ccc(N3CCC3)cc1-2. The molecule has 0 unspecified atom stereocenters. The Morgan fingerprint density at radius 2 is 1.74 bits per heavy atom. The van der Waals surface area contributed by atoms with Crippen LogP contribution in [0.15, 0.2) is 39.8 Å². The van der Waals surface area contributed by atoms with Crippen molar-refractivity contribution in [1.29, 1.82) is 0 Å². The maximum absolute atomic E-state index is 13.7. The number of methoxy groups -OCH3 is 2. The van der Waals surface area contributed by atoms with Crippen molar-refractivity contribution in [3.63, 3.8) is 0 Å². The average Bonchev–Trinajstić information content (AvgIpc) is 3.48. The molecule has 2 fully saturated rings. The maximum atomic E-state index is 13.7. The van der Waals surface area contributed by atoms with Crippen molar-refractivity contribution < 1.29 is 30.8 Å². The number of sulfonamides is 1. The lowest BCUT2D eigenvalue weighted by atomic mass is 9.79. The Balaban J connectivity index is 1.39. The van der Waals surface area contributed by atoms with Crippen molar-refractivity contribution in [1.82, 2.24) is 5.16 Å². The Bertz CT molecular complexity index is 1630. The van der Waals surface area contributed by atoms with Gasteiger partial charge >= 0.3 is 0 Å². The minimum atomic E-state index is -4.25. The first kappa shape index (κ1) is 25.1. The van der Waals surface area contributed by atoms with Gasteiger partial charge in [0, 0.05) is 41.6 Å². The van der Waals surface area contributed by atoms with Crippen molar-refractivity contribution in [2.75, 3.05) is 43.2 Å². The van der Waals surface area contributed by atoms with Crippen LogP contribution in [-0.2, 0) is 37.4 Å². The van der Waals surface area contributed by atoms with Gasteiger partial charge in [-0.05, 0) is 61.1 Å². The third-order valence-corrected chi connectivity index (χ3v) is 9.91. The lowest BCUT2D eigenvalue weighted by Crippen LogP contribution is -2.37. The molecule has 1 spiro atoms. The van der Waals surface area contributed by atoms with Gasteiger partial charge in [0.15, 0.2) is 26.3 Å². The highest BCUT2D eigenvalue weighted by Crippen LogP contribution is 2.59. The van der Waals surface area contributed by atoms with Crippen LogP contribution in [-0.4, -0.2) is 55.6 Å². The fraction of sp³-hybridized carbons (Fsp3) is 0.423. The van der Waals surface area contributed by atoms with Gasteiger partial charge in [0.2, 0.25) is 0 Å². The molecule has 6 rings (SSSR count). The molecule has 2 aliphatic carbocycles. The Hall–Kier alpha value is -3.25. The number of aromatic nitrogens is 1. The van der Waals surface area contributed by atoms with E-state index in [1.165, 1.54) is 38.3 Å². The van der Waals surface area contributed by atoms with Gasteiger partial charge in [-0.2, -0.15) is 0 Å². The lowest BCUT2D eigenvalue weighted by molar-refractivity contribution is 0.373. The Morgan fingerprint density at radius 1 is 1.05 bits per heavy atom. The van der Waals surface area contributed by atoms with Crippen molar-refractivity contribution in [2.24, 2.45) is 0 Å². The molecule has 2 aromatic carbocycles. The fourth-order valence-corrected chi connectivity index (χ4v) is 7.62. The Morgan fingerprint density at radius 3 is 2.29 bits per heavy atom. The third kappa shape index (κ3) is 4.19. The number of nitrogens with zero attached hydrogens (tertiary/aromatic N) is 2. The summed E-state index contributed by atoms with van der Waals surface area (Å²) in [6.07, 6.45) is 4.93. The molecule has 38 heavy (non-hydrogen) atoms. The van der Waals surface area contributed by atoms with Crippen LogP contribution >= 0.6 is 0 Å². The molecule has 2 heterocycles.